The number of rotatable bonds is 3. The fourth-order valence-corrected chi connectivity index (χ4v) is 3.19. The number of carboxylic acid groups (broad SMARTS) is 1. The summed E-state index contributed by atoms with van der Waals surface area (Å²) in [4.78, 5) is 13.4. The molecule has 1 aliphatic heterocycles. The number of carboxylic acids is 1. The number of nitrogens with zero attached hydrogens (tertiary/aromatic N) is 3. The SMILES string of the molecule is Cc1nn(C)c(CN2CCC(C(=O)O)CC2C)c1Br. The zero-order chi connectivity index (χ0) is 14.2. The number of hydrogen-bond acceptors (Lipinski definition) is 3. The smallest absolute Gasteiger partial charge is 0.306 e. The first-order chi connectivity index (χ1) is 8.90. The highest BCUT2D eigenvalue weighted by molar-refractivity contribution is 9.10. The van der Waals surface area contributed by atoms with Crippen LogP contribution in [0.15, 0.2) is 4.47 Å². The summed E-state index contributed by atoms with van der Waals surface area (Å²) in [6.45, 7) is 5.72. The van der Waals surface area contributed by atoms with E-state index in [-0.39, 0.29) is 12.0 Å². The van der Waals surface area contributed by atoms with Gasteiger partial charge in [-0.2, -0.15) is 5.10 Å². The fourth-order valence-electron chi connectivity index (χ4n) is 2.72. The molecule has 0 radical (unpaired) electrons. The Bertz CT molecular complexity index is 486. The van der Waals surface area contributed by atoms with Gasteiger partial charge in [0.15, 0.2) is 0 Å². The molecule has 1 aromatic rings. The standard InChI is InChI=1S/C13H20BrN3O2/c1-8-6-10(13(18)19)4-5-17(8)7-11-12(14)9(2)15-16(11)3/h8,10H,4-7H2,1-3H3,(H,18,19). The fraction of sp³-hybridized carbons (Fsp3) is 0.692. The number of aromatic nitrogens is 2. The number of piperidine rings is 1. The molecule has 0 amide bonds. The van der Waals surface area contributed by atoms with Gasteiger partial charge in [-0.25, -0.2) is 0 Å². The molecule has 0 bridgehead atoms. The van der Waals surface area contributed by atoms with Crippen molar-refractivity contribution >= 4 is 21.9 Å². The van der Waals surface area contributed by atoms with Crippen LogP contribution in [0.3, 0.4) is 0 Å². The van der Waals surface area contributed by atoms with E-state index in [1.165, 1.54) is 0 Å². The van der Waals surface area contributed by atoms with Gasteiger partial charge in [0.2, 0.25) is 0 Å². The van der Waals surface area contributed by atoms with Gasteiger partial charge in [0, 0.05) is 19.6 Å². The zero-order valence-electron chi connectivity index (χ0n) is 11.6. The molecule has 6 heteroatoms. The lowest BCUT2D eigenvalue weighted by Gasteiger charge is -2.36. The molecule has 1 fully saturated rings. The number of aliphatic carboxylic acids is 1. The third-order valence-corrected chi connectivity index (χ3v) is 5.01. The normalized spacial score (nSPS) is 24.6. The second-order valence-electron chi connectivity index (χ2n) is 5.35. The molecule has 5 nitrogen and oxygen atoms in total. The third-order valence-electron chi connectivity index (χ3n) is 3.98. The van der Waals surface area contributed by atoms with E-state index in [0.29, 0.717) is 0 Å². The number of carbonyl (C=O) groups is 1. The average Bonchev–Trinajstić information content (AvgIpc) is 2.58. The van der Waals surface area contributed by atoms with E-state index in [4.69, 9.17) is 5.11 Å². The summed E-state index contributed by atoms with van der Waals surface area (Å²) in [7, 11) is 1.95. The number of aryl methyl sites for hydroxylation is 2. The summed E-state index contributed by atoms with van der Waals surface area (Å²) < 4.78 is 2.96. The van der Waals surface area contributed by atoms with E-state index in [1.807, 2.05) is 18.7 Å². The molecule has 2 unspecified atom stereocenters. The maximum Gasteiger partial charge on any atom is 0.306 e. The second kappa shape index (κ2) is 5.63. The monoisotopic (exact) mass is 329 g/mol. The Hall–Kier alpha value is -0.880. The minimum atomic E-state index is -0.663. The molecule has 19 heavy (non-hydrogen) atoms. The lowest BCUT2D eigenvalue weighted by atomic mass is 9.91. The van der Waals surface area contributed by atoms with Gasteiger partial charge in [0.25, 0.3) is 0 Å². The Morgan fingerprint density at radius 1 is 1.58 bits per heavy atom. The van der Waals surface area contributed by atoms with E-state index < -0.39 is 5.97 Å². The van der Waals surface area contributed by atoms with Crippen molar-refractivity contribution < 1.29 is 9.90 Å². The lowest BCUT2D eigenvalue weighted by molar-refractivity contribution is -0.144. The minimum absolute atomic E-state index is 0.192. The van der Waals surface area contributed by atoms with Gasteiger partial charge in [0.05, 0.1) is 21.8 Å². The zero-order valence-corrected chi connectivity index (χ0v) is 13.1. The van der Waals surface area contributed by atoms with E-state index in [1.54, 1.807) is 0 Å². The summed E-state index contributed by atoms with van der Waals surface area (Å²) >= 11 is 3.58. The molecule has 1 aromatic heterocycles. The maximum absolute atomic E-state index is 11.0. The van der Waals surface area contributed by atoms with Crippen LogP contribution in [0.25, 0.3) is 0 Å². The Labute approximate surface area is 121 Å². The van der Waals surface area contributed by atoms with Crippen molar-refractivity contribution in [1.82, 2.24) is 14.7 Å². The van der Waals surface area contributed by atoms with E-state index in [0.717, 1.165) is 41.8 Å². The largest absolute Gasteiger partial charge is 0.481 e. The molecule has 0 saturated carbocycles. The van der Waals surface area contributed by atoms with Gasteiger partial charge >= 0.3 is 5.97 Å². The molecule has 2 heterocycles. The van der Waals surface area contributed by atoms with Crippen molar-refractivity contribution in [3.63, 3.8) is 0 Å². The molecular formula is C13H20BrN3O2. The Morgan fingerprint density at radius 3 is 2.74 bits per heavy atom. The summed E-state index contributed by atoms with van der Waals surface area (Å²) in [6.07, 6.45) is 1.46. The average molecular weight is 330 g/mol. The third kappa shape index (κ3) is 3.00. The number of hydrogen-bond donors (Lipinski definition) is 1. The highest BCUT2D eigenvalue weighted by atomic mass is 79.9. The van der Waals surface area contributed by atoms with Crippen molar-refractivity contribution in [2.45, 2.75) is 39.3 Å². The van der Waals surface area contributed by atoms with Crippen LogP contribution in [0.1, 0.15) is 31.2 Å². The molecule has 1 aliphatic rings. The summed E-state index contributed by atoms with van der Waals surface area (Å²) in [5.74, 6) is -0.855. The second-order valence-corrected chi connectivity index (χ2v) is 6.14. The summed E-state index contributed by atoms with van der Waals surface area (Å²) in [5, 5.41) is 13.5. The van der Waals surface area contributed by atoms with Gasteiger partial charge in [-0.1, -0.05) is 0 Å². The van der Waals surface area contributed by atoms with E-state index >= 15 is 0 Å². The highest BCUT2D eigenvalue weighted by Crippen LogP contribution is 2.27. The molecule has 0 aliphatic carbocycles. The molecule has 0 spiro atoms. The van der Waals surface area contributed by atoms with Crippen molar-refractivity contribution in [1.29, 1.82) is 0 Å². The van der Waals surface area contributed by atoms with Crippen LogP contribution in [0.4, 0.5) is 0 Å². The first kappa shape index (κ1) is 14.5. The van der Waals surface area contributed by atoms with Gasteiger partial charge in [-0.05, 0) is 49.2 Å². The van der Waals surface area contributed by atoms with Crippen LogP contribution in [-0.4, -0.2) is 38.3 Å². The lowest BCUT2D eigenvalue weighted by Crippen LogP contribution is -2.42. The first-order valence-corrected chi connectivity index (χ1v) is 7.34. The minimum Gasteiger partial charge on any atom is -0.481 e. The molecule has 2 atom stereocenters. The Balaban J connectivity index is 2.06. The number of halogens is 1. The summed E-state index contributed by atoms with van der Waals surface area (Å²) in [5.41, 5.74) is 2.14. The maximum atomic E-state index is 11.0. The van der Waals surface area contributed by atoms with Crippen molar-refractivity contribution in [2.75, 3.05) is 6.54 Å². The van der Waals surface area contributed by atoms with Crippen molar-refractivity contribution in [2.24, 2.45) is 13.0 Å². The summed E-state index contributed by atoms with van der Waals surface area (Å²) in [6, 6.07) is 0.289. The van der Waals surface area contributed by atoms with Crippen LogP contribution in [0, 0.1) is 12.8 Å². The van der Waals surface area contributed by atoms with Gasteiger partial charge in [0.1, 0.15) is 0 Å². The molecule has 1 saturated heterocycles. The predicted octanol–water partition coefficient (Wildman–Crippen LogP) is 2.18. The van der Waals surface area contributed by atoms with Crippen LogP contribution in [0.5, 0.6) is 0 Å². The quantitative estimate of drug-likeness (QED) is 0.923. The molecule has 0 aromatic carbocycles. The van der Waals surface area contributed by atoms with Gasteiger partial charge in [-0.3, -0.25) is 14.4 Å². The molecule has 106 valence electrons. The number of likely N-dealkylation sites (tertiary alicyclic amines) is 1. The highest BCUT2D eigenvalue weighted by Gasteiger charge is 2.30. The molecule has 1 N–H and O–H groups in total. The predicted molar refractivity (Wildman–Crippen MR) is 75.9 cm³/mol. The van der Waals surface area contributed by atoms with E-state index in [9.17, 15) is 4.79 Å². The van der Waals surface area contributed by atoms with Crippen molar-refractivity contribution in [3.8, 4) is 0 Å². The van der Waals surface area contributed by atoms with Gasteiger partial charge in [-0.15, -0.1) is 0 Å². The van der Waals surface area contributed by atoms with Gasteiger partial charge < -0.3 is 5.11 Å². The van der Waals surface area contributed by atoms with Crippen molar-refractivity contribution in [3.05, 3.63) is 15.9 Å². The van der Waals surface area contributed by atoms with Crippen LogP contribution in [-0.2, 0) is 18.4 Å². The van der Waals surface area contributed by atoms with Crippen LogP contribution in [0.2, 0.25) is 0 Å². The molecular weight excluding hydrogens is 310 g/mol. The Kier molecular flexibility index (Phi) is 4.30. The van der Waals surface area contributed by atoms with Crippen LogP contribution >= 0.6 is 15.9 Å². The topological polar surface area (TPSA) is 58.4 Å². The molecule has 2 rings (SSSR count). The van der Waals surface area contributed by atoms with Crippen LogP contribution < -0.4 is 0 Å². The van der Waals surface area contributed by atoms with E-state index in [2.05, 4.69) is 32.9 Å². The first-order valence-electron chi connectivity index (χ1n) is 6.55. The Morgan fingerprint density at radius 2 is 2.26 bits per heavy atom.